The van der Waals surface area contributed by atoms with E-state index in [9.17, 15) is 5.11 Å². The van der Waals surface area contributed by atoms with Crippen LogP contribution in [0.25, 0.3) is 5.69 Å². The fraction of sp³-hybridized carbons (Fsp3) is 0.200. The highest BCUT2D eigenvalue weighted by Crippen LogP contribution is 2.22. The van der Waals surface area contributed by atoms with Crippen molar-refractivity contribution in [1.82, 2.24) is 14.8 Å². The zero-order valence-electron chi connectivity index (χ0n) is 8.10. The number of rotatable bonds is 1. The van der Waals surface area contributed by atoms with Gasteiger partial charge in [0.25, 0.3) is 0 Å². The van der Waals surface area contributed by atoms with Gasteiger partial charge in [0.05, 0.1) is 11.4 Å². The number of pyridine rings is 1. The van der Waals surface area contributed by atoms with Crippen LogP contribution in [-0.2, 0) is 0 Å². The molecule has 1 N–H and O–H groups in total. The monoisotopic (exact) mass is 189 g/mol. The van der Waals surface area contributed by atoms with Gasteiger partial charge < -0.3 is 5.11 Å². The molecule has 0 aliphatic heterocycles. The molecule has 0 atom stereocenters. The number of nitrogens with zero attached hydrogens (tertiary/aromatic N) is 3. The van der Waals surface area contributed by atoms with Gasteiger partial charge in [-0.3, -0.25) is 4.98 Å². The second-order valence-corrected chi connectivity index (χ2v) is 3.14. The topological polar surface area (TPSA) is 50.9 Å². The first kappa shape index (κ1) is 8.74. The van der Waals surface area contributed by atoms with Crippen molar-refractivity contribution in [1.29, 1.82) is 0 Å². The average molecular weight is 189 g/mol. The fourth-order valence-corrected chi connectivity index (χ4v) is 1.37. The summed E-state index contributed by atoms with van der Waals surface area (Å²) in [6.45, 7) is 3.61. The lowest BCUT2D eigenvalue weighted by atomic mass is 10.3. The maximum Gasteiger partial charge on any atom is 0.159 e. The predicted octanol–water partition coefficient (Wildman–Crippen LogP) is 1.59. The van der Waals surface area contributed by atoms with Gasteiger partial charge in [-0.2, -0.15) is 5.10 Å². The third-order valence-electron chi connectivity index (χ3n) is 2.16. The second kappa shape index (κ2) is 3.14. The molecule has 14 heavy (non-hydrogen) atoms. The van der Waals surface area contributed by atoms with Gasteiger partial charge in [0.1, 0.15) is 5.69 Å². The normalized spacial score (nSPS) is 10.4. The summed E-state index contributed by atoms with van der Waals surface area (Å²) in [5, 5.41) is 13.8. The van der Waals surface area contributed by atoms with Gasteiger partial charge in [-0.05, 0) is 26.0 Å². The largest absolute Gasteiger partial charge is 0.504 e. The van der Waals surface area contributed by atoms with Crippen LogP contribution in [0.15, 0.2) is 24.5 Å². The average Bonchev–Trinajstić information content (AvgIpc) is 2.47. The van der Waals surface area contributed by atoms with Crippen molar-refractivity contribution in [3.05, 3.63) is 35.9 Å². The van der Waals surface area contributed by atoms with Gasteiger partial charge in [-0.1, -0.05) is 0 Å². The Morgan fingerprint density at radius 2 is 1.86 bits per heavy atom. The second-order valence-electron chi connectivity index (χ2n) is 3.14. The predicted molar refractivity (Wildman–Crippen MR) is 52.5 cm³/mol. The number of hydrogen-bond acceptors (Lipinski definition) is 3. The Bertz CT molecular complexity index is 448. The van der Waals surface area contributed by atoms with Crippen molar-refractivity contribution in [3.63, 3.8) is 0 Å². The highest BCUT2D eigenvalue weighted by Gasteiger charge is 2.10. The standard InChI is InChI=1S/C10H11N3O/c1-7-10(14)8(2)13(12-7)9-3-5-11-6-4-9/h3-6,14H,1-2H3. The molecule has 2 aromatic heterocycles. The van der Waals surface area contributed by atoms with Gasteiger partial charge in [0.2, 0.25) is 0 Å². The highest BCUT2D eigenvalue weighted by atomic mass is 16.3. The first-order chi connectivity index (χ1) is 6.70. The number of aryl methyl sites for hydroxylation is 1. The van der Waals surface area contributed by atoms with Crippen LogP contribution in [0.2, 0.25) is 0 Å². The molecule has 0 aliphatic rings. The summed E-state index contributed by atoms with van der Waals surface area (Å²) in [6, 6.07) is 3.69. The lowest BCUT2D eigenvalue weighted by molar-refractivity contribution is 0.466. The van der Waals surface area contributed by atoms with Gasteiger partial charge >= 0.3 is 0 Å². The summed E-state index contributed by atoms with van der Waals surface area (Å²) >= 11 is 0. The minimum absolute atomic E-state index is 0.252. The molecule has 4 heteroatoms. The molecule has 0 radical (unpaired) electrons. The smallest absolute Gasteiger partial charge is 0.159 e. The SMILES string of the molecule is Cc1nn(-c2ccncc2)c(C)c1O. The summed E-state index contributed by atoms with van der Waals surface area (Å²) in [4.78, 5) is 3.93. The molecule has 0 aromatic carbocycles. The van der Waals surface area contributed by atoms with E-state index in [1.165, 1.54) is 0 Å². The molecule has 0 unspecified atom stereocenters. The van der Waals surface area contributed by atoms with E-state index in [0.717, 1.165) is 11.4 Å². The Morgan fingerprint density at radius 3 is 2.36 bits per heavy atom. The lowest BCUT2D eigenvalue weighted by Gasteiger charge is -2.02. The molecule has 0 bridgehead atoms. The van der Waals surface area contributed by atoms with Crippen LogP contribution in [0, 0.1) is 13.8 Å². The van der Waals surface area contributed by atoms with Gasteiger partial charge in [-0.15, -0.1) is 0 Å². The molecular formula is C10H11N3O. The molecule has 0 spiro atoms. The summed E-state index contributed by atoms with van der Waals surface area (Å²) < 4.78 is 1.70. The van der Waals surface area contributed by atoms with Crippen molar-refractivity contribution in [2.45, 2.75) is 13.8 Å². The summed E-state index contributed by atoms with van der Waals surface area (Å²) in [5.74, 6) is 0.252. The summed E-state index contributed by atoms with van der Waals surface area (Å²) in [7, 11) is 0. The molecule has 0 saturated carbocycles. The van der Waals surface area contributed by atoms with Crippen LogP contribution in [0.1, 0.15) is 11.4 Å². The van der Waals surface area contributed by atoms with E-state index >= 15 is 0 Å². The lowest BCUT2D eigenvalue weighted by Crippen LogP contribution is -1.98. The van der Waals surface area contributed by atoms with Crippen LogP contribution < -0.4 is 0 Å². The summed E-state index contributed by atoms with van der Waals surface area (Å²) in [5.41, 5.74) is 2.29. The molecule has 2 heterocycles. The molecule has 0 amide bonds. The molecule has 0 aliphatic carbocycles. The zero-order chi connectivity index (χ0) is 10.1. The van der Waals surface area contributed by atoms with Crippen molar-refractivity contribution in [2.75, 3.05) is 0 Å². The number of aromatic hydroxyl groups is 1. The Labute approximate surface area is 81.8 Å². The van der Waals surface area contributed by atoms with Gasteiger partial charge in [0, 0.05) is 12.4 Å². The van der Waals surface area contributed by atoms with E-state index in [1.807, 2.05) is 19.1 Å². The van der Waals surface area contributed by atoms with Crippen LogP contribution in [0.3, 0.4) is 0 Å². The van der Waals surface area contributed by atoms with Crippen molar-refractivity contribution in [3.8, 4) is 11.4 Å². The van der Waals surface area contributed by atoms with Crippen LogP contribution in [0.4, 0.5) is 0 Å². The molecule has 2 aromatic rings. The summed E-state index contributed by atoms with van der Waals surface area (Å²) in [6.07, 6.45) is 3.39. The Balaban J connectivity index is 2.58. The number of hydrogen-bond donors (Lipinski definition) is 1. The van der Waals surface area contributed by atoms with Crippen molar-refractivity contribution < 1.29 is 5.11 Å². The third-order valence-corrected chi connectivity index (χ3v) is 2.16. The van der Waals surface area contributed by atoms with Crippen LogP contribution in [0.5, 0.6) is 5.75 Å². The minimum Gasteiger partial charge on any atom is -0.504 e. The molecule has 2 rings (SSSR count). The molecule has 4 nitrogen and oxygen atoms in total. The van der Waals surface area contributed by atoms with Gasteiger partial charge in [0.15, 0.2) is 5.75 Å². The van der Waals surface area contributed by atoms with Crippen LogP contribution in [-0.4, -0.2) is 19.9 Å². The highest BCUT2D eigenvalue weighted by molar-refractivity contribution is 5.38. The Morgan fingerprint density at radius 1 is 1.21 bits per heavy atom. The van der Waals surface area contributed by atoms with E-state index in [1.54, 1.807) is 24.0 Å². The third kappa shape index (κ3) is 1.25. The number of aromatic nitrogens is 3. The minimum atomic E-state index is 0.252. The fourth-order valence-electron chi connectivity index (χ4n) is 1.37. The van der Waals surface area contributed by atoms with E-state index < -0.39 is 0 Å². The van der Waals surface area contributed by atoms with E-state index in [-0.39, 0.29) is 5.75 Å². The first-order valence-electron chi connectivity index (χ1n) is 4.35. The van der Waals surface area contributed by atoms with E-state index in [0.29, 0.717) is 5.69 Å². The van der Waals surface area contributed by atoms with Gasteiger partial charge in [-0.25, -0.2) is 4.68 Å². The first-order valence-corrected chi connectivity index (χ1v) is 4.35. The zero-order valence-corrected chi connectivity index (χ0v) is 8.10. The van der Waals surface area contributed by atoms with Crippen molar-refractivity contribution in [2.24, 2.45) is 0 Å². The molecule has 72 valence electrons. The molecule has 0 saturated heterocycles. The maximum absolute atomic E-state index is 9.59. The van der Waals surface area contributed by atoms with Crippen LogP contribution >= 0.6 is 0 Å². The Hall–Kier alpha value is -1.84. The Kier molecular flexibility index (Phi) is 1.96. The van der Waals surface area contributed by atoms with E-state index in [2.05, 4.69) is 10.1 Å². The quantitative estimate of drug-likeness (QED) is 0.741. The van der Waals surface area contributed by atoms with Crippen molar-refractivity contribution >= 4 is 0 Å². The molecular weight excluding hydrogens is 178 g/mol. The maximum atomic E-state index is 9.59. The molecule has 0 fully saturated rings. The van der Waals surface area contributed by atoms with E-state index in [4.69, 9.17) is 0 Å².